The van der Waals surface area contributed by atoms with Gasteiger partial charge in [-0.15, -0.1) is 0 Å². The van der Waals surface area contributed by atoms with E-state index in [0.29, 0.717) is 6.61 Å². The van der Waals surface area contributed by atoms with E-state index in [1.165, 1.54) is 0 Å². The van der Waals surface area contributed by atoms with Gasteiger partial charge in [0.2, 0.25) is 0 Å². The SMILES string of the molecule is CCC1OCCC1C(=O)c1c(C)ccc2ccccc12. The molecule has 0 aliphatic carbocycles. The molecule has 1 aliphatic heterocycles. The molecular formula is C18H20O2. The number of hydrogen-bond donors (Lipinski definition) is 0. The number of benzene rings is 2. The number of carbonyl (C=O) groups excluding carboxylic acids is 1. The molecule has 1 aliphatic rings. The lowest BCUT2D eigenvalue weighted by atomic mass is 9.86. The molecule has 0 aromatic heterocycles. The van der Waals surface area contributed by atoms with E-state index in [2.05, 4.69) is 19.1 Å². The van der Waals surface area contributed by atoms with Crippen LogP contribution in [0, 0.1) is 12.8 Å². The van der Waals surface area contributed by atoms with Gasteiger partial charge in [0, 0.05) is 12.2 Å². The fourth-order valence-electron chi connectivity index (χ4n) is 3.24. The van der Waals surface area contributed by atoms with Crippen LogP contribution in [-0.4, -0.2) is 18.5 Å². The predicted octanol–water partition coefficient (Wildman–Crippen LogP) is 4.15. The van der Waals surface area contributed by atoms with Crippen LogP contribution in [0.4, 0.5) is 0 Å². The Kier molecular flexibility index (Phi) is 3.58. The average Bonchev–Trinajstić information content (AvgIpc) is 2.95. The molecule has 0 N–H and O–H groups in total. The van der Waals surface area contributed by atoms with Crippen LogP contribution in [0.2, 0.25) is 0 Å². The normalized spacial score (nSPS) is 22.3. The Labute approximate surface area is 119 Å². The van der Waals surface area contributed by atoms with Crippen molar-refractivity contribution in [3.8, 4) is 0 Å². The highest BCUT2D eigenvalue weighted by Crippen LogP contribution is 2.31. The first-order valence-electron chi connectivity index (χ1n) is 7.36. The summed E-state index contributed by atoms with van der Waals surface area (Å²) >= 11 is 0. The van der Waals surface area contributed by atoms with Crippen LogP contribution in [0.3, 0.4) is 0 Å². The van der Waals surface area contributed by atoms with Gasteiger partial charge in [-0.1, -0.05) is 43.3 Å². The van der Waals surface area contributed by atoms with Gasteiger partial charge in [0.1, 0.15) is 0 Å². The summed E-state index contributed by atoms with van der Waals surface area (Å²) in [5.74, 6) is 0.271. The molecule has 2 aromatic carbocycles. The molecule has 2 aromatic rings. The van der Waals surface area contributed by atoms with Gasteiger partial charge in [-0.25, -0.2) is 0 Å². The molecule has 1 heterocycles. The molecule has 0 radical (unpaired) electrons. The molecule has 0 amide bonds. The summed E-state index contributed by atoms with van der Waals surface area (Å²) in [6.07, 6.45) is 1.83. The fourth-order valence-corrected chi connectivity index (χ4v) is 3.24. The summed E-state index contributed by atoms with van der Waals surface area (Å²) in [6.45, 7) is 4.82. The van der Waals surface area contributed by atoms with Gasteiger partial charge in [-0.3, -0.25) is 4.79 Å². The molecule has 2 unspecified atom stereocenters. The molecule has 3 rings (SSSR count). The van der Waals surface area contributed by atoms with Crippen molar-refractivity contribution < 1.29 is 9.53 Å². The van der Waals surface area contributed by atoms with Gasteiger partial charge in [0.05, 0.1) is 12.0 Å². The predicted molar refractivity (Wildman–Crippen MR) is 81.2 cm³/mol. The lowest BCUT2D eigenvalue weighted by Gasteiger charge is -2.18. The highest BCUT2D eigenvalue weighted by molar-refractivity contribution is 6.10. The summed E-state index contributed by atoms with van der Waals surface area (Å²) in [5.41, 5.74) is 1.95. The van der Waals surface area contributed by atoms with E-state index in [0.717, 1.165) is 34.7 Å². The highest BCUT2D eigenvalue weighted by atomic mass is 16.5. The van der Waals surface area contributed by atoms with E-state index >= 15 is 0 Å². The molecule has 20 heavy (non-hydrogen) atoms. The third-order valence-electron chi connectivity index (χ3n) is 4.33. The second-order valence-corrected chi connectivity index (χ2v) is 5.56. The van der Waals surface area contributed by atoms with Crippen molar-refractivity contribution in [1.82, 2.24) is 0 Å². The summed E-state index contributed by atoms with van der Waals surface area (Å²) in [4.78, 5) is 13.0. The number of rotatable bonds is 3. The molecule has 1 saturated heterocycles. The molecule has 1 fully saturated rings. The van der Waals surface area contributed by atoms with Crippen LogP contribution in [0.25, 0.3) is 10.8 Å². The molecular weight excluding hydrogens is 248 g/mol. The topological polar surface area (TPSA) is 26.3 Å². The van der Waals surface area contributed by atoms with Crippen molar-refractivity contribution in [3.63, 3.8) is 0 Å². The number of aryl methyl sites for hydroxylation is 1. The van der Waals surface area contributed by atoms with Crippen LogP contribution in [0.5, 0.6) is 0 Å². The Bertz CT molecular complexity index is 645. The van der Waals surface area contributed by atoms with E-state index in [9.17, 15) is 4.79 Å². The van der Waals surface area contributed by atoms with E-state index in [-0.39, 0.29) is 17.8 Å². The Morgan fingerprint density at radius 3 is 2.85 bits per heavy atom. The summed E-state index contributed by atoms with van der Waals surface area (Å²) in [7, 11) is 0. The van der Waals surface area contributed by atoms with Gasteiger partial charge in [-0.05, 0) is 36.1 Å². The minimum atomic E-state index is 0.0181. The van der Waals surface area contributed by atoms with Crippen LogP contribution in [0.15, 0.2) is 36.4 Å². The second kappa shape index (κ2) is 5.37. The van der Waals surface area contributed by atoms with Crippen molar-refractivity contribution in [3.05, 3.63) is 47.5 Å². The Balaban J connectivity index is 2.09. The van der Waals surface area contributed by atoms with Crippen LogP contribution in [0.1, 0.15) is 35.7 Å². The van der Waals surface area contributed by atoms with Crippen molar-refractivity contribution in [1.29, 1.82) is 0 Å². The van der Waals surface area contributed by atoms with Gasteiger partial charge in [0.15, 0.2) is 5.78 Å². The number of hydrogen-bond acceptors (Lipinski definition) is 2. The quantitative estimate of drug-likeness (QED) is 0.782. The first-order valence-corrected chi connectivity index (χ1v) is 7.36. The minimum Gasteiger partial charge on any atom is -0.377 e. The summed E-state index contributed by atoms with van der Waals surface area (Å²) in [5, 5.41) is 2.20. The second-order valence-electron chi connectivity index (χ2n) is 5.56. The molecule has 2 nitrogen and oxygen atoms in total. The van der Waals surface area contributed by atoms with Crippen LogP contribution in [-0.2, 0) is 4.74 Å². The largest absolute Gasteiger partial charge is 0.377 e. The monoisotopic (exact) mass is 268 g/mol. The highest BCUT2D eigenvalue weighted by Gasteiger charge is 2.34. The van der Waals surface area contributed by atoms with Crippen molar-refractivity contribution >= 4 is 16.6 Å². The van der Waals surface area contributed by atoms with Crippen molar-refractivity contribution in [2.45, 2.75) is 32.8 Å². The first-order chi connectivity index (χ1) is 9.72. The maximum atomic E-state index is 13.0. The standard InChI is InChI=1S/C18H20O2/c1-3-16-15(10-11-20-16)18(19)17-12(2)8-9-13-6-4-5-7-14(13)17/h4-9,15-16H,3,10-11H2,1-2H3. The molecule has 0 saturated carbocycles. The van der Waals surface area contributed by atoms with Crippen LogP contribution >= 0.6 is 0 Å². The van der Waals surface area contributed by atoms with E-state index < -0.39 is 0 Å². The Morgan fingerprint density at radius 1 is 1.25 bits per heavy atom. The third-order valence-corrected chi connectivity index (χ3v) is 4.33. The molecule has 0 bridgehead atoms. The first kappa shape index (κ1) is 13.3. The van der Waals surface area contributed by atoms with E-state index in [1.807, 2.05) is 31.2 Å². The number of fused-ring (bicyclic) bond motifs is 1. The Hall–Kier alpha value is -1.67. The summed E-state index contributed by atoms with van der Waals surface area (Å²) in [6, 6.07) is 12.3. The molecule has 104 valence electrons. The lowest BCUT2D eigenvalue weighted by Crippen LogP contribution is -2.24. The average molecular weight is 268 g/mol. The van der Waals surface area contributed by atoms with Crippen molar-refractivity contribution in [2.24, 2.45) is 5.92 Å². The zero-order chi connectivity index (χ0) is 14.1. The van der Waals surface area contributed by atoms with Gasteiger partial charge in [0.25, 0.3) is 0 Å². The maximum Gasteiger partial charge on any atom is 0.169 e. The number of carbonyl (C=O) groups is 1. The third kappa shape index (κ3) is 2.14. The maximum absolute atomic E-state index is 13.0. The van der Waals surface area contributed by atoms with Crippen molar-refractivity contribution in [2.75, 3.05) is 6.61 Å². The Morgan fingerprint density at radius 2 is 2.05 bits per heavy atom. The van der Waals surface area contributed by atoms with Gasteiger partial charge in [-0.2, -0.15) is 0 Å². The molecule has 2 atom stereocenters. The van der Waals surface area contributed by atoms with Gasteiger partial charge >= 0.3 is 0 Å². The number of Topliss-reactive ketones (excluding diaryl/α,β-unsaturated/α-hetero) is 1. The number of ketones is 1. The van der Waals surface area contributed by atoms with Crippen LogP contribution < -0.4 is 0 Å². The lowest BCUT2D eigenvalue weighted by molar-refractivity contribution is 0.0690. The number of ether oxygens (including phenoxy) is 1. The summed E-state index contributed by atoms with van der Waals surface area (Å²) < 4.78 is 5.69. The molecule has 2 heteroatoms. The fraction of sp³-hybridized carbons (Fsp3) is 0.389. The smallest absolute Gasteiger partial charge is 0.169 e. The van der Waals surface area contributed by atoms with E-state index in [1.54, 1.807) is 0 Å². The molecule has 0 spiro atoms. The van der Waals surface area contributed by atoms with E-state index in [4.69, 9.17) is 4.74 Å². The zero-order valence-electron chi connectivity index (χ0n) is 12.1. The zero-order valence-corrected chi connectivity index (χ0v) is 12.1. The minimum absolute atomic E-state index is 0.0181. The van der Waals surface area contributed by atoms with Gasteiger partial charge < -0.3 is 4.74 Å².